The van der Waals surface area contributed by atoms with Crippen LogP contribution in [0.3, 0.4) is 0 Å². The van der Waals surface area contributed by atoms with Crippen LogP contribution in [0.25, 0.3) is 0 Å². The Morgan fingerprint density at radius 3 is 0.789 bits per heavy atom. The minimum absolute atomic E-state index is 0.112. The van der Waals surface area contributed by atoms with E-state index < -0.39 is 6.10 Å². The minimum Gasteiger partial charge on any atom is -0.462 e. The first-order valence-corrected chi connectivity index (χ1v) is 29.0. The standard InChI is InChI=1S/C65H106O6/c1-4-7-10-13-16-19-22-25-28-31-32-35-37-40-43-46-49-52-55-58-64(67)70-61-62(71-65(68)59-56-53-50-47-44-41-38-34-30-27-24-21-18-15-12-9-6-3)60-69-63(66)57-54-51-48-45-42-39-36-33-29-26-23-20-17-14-11-8-5-2/h16-21,25-30,32,35-36,38-41,43,62H,4-15,22-24,31,33-34,37,42,44-61H2,1-3H3/b19-16+,20-17+,21-18+,28-25+,29-26+,30-27+,35-32+,39-36+,41-38+,43-40+/t62-/m1/s1. The maximum atomic E-state index is 12.9. The van der Waals surface area contributed by atoms with Crippen LogP contribution in [0.15, 0.2) is 122 Å². The molecule has 0 radical (unpaired) electrons. The van der Waals surface area contributed by atoms with Crippen molar-refractivity contribution in [2.75, 3.05) is 13.2 Å². The molecule has 0 unspecified atom stereocenters. The van der Waals surface area contributed by atoms with Gasteiger partial charge < -0.3 is 14.2 Å². The van der Waals surface area contributed by atoms with Gasteiger partial charge in [0.05, 0.1) is 0 Å². The number of carbonyl (C=O) groups is 3. The molecule has 0 saturated carbocycles. The molecule has 0 aromatic rings. The molecule has 0 heterocycles. The molecule has 0 aromatic heterocycles. The van der Waals surface area contributed by atoms with E-state index in [0.717, 1.165) is 135 Å². The average Bonchev–Trinajstić information content (AvgIpc) is 3.37. The van der Waals surface area contributed by atoms with Gasteiger partial charge in [-0.05, 0) is 141 Å². The summed E-state index contributed by atoms with van der Waals surface area (Å²) in [4.78, 5) is 38.2. The van der Waals surface area contributed by atoms with Crippen LogP contribution in [0.2, 0.25) is 0 Å². The lowest BCUT2D eigenvalue weighted by atomic mass is 10.1. The average molecular weight is 984 g/mol. The highest BCUT2D eigenvalue weighted by Crippen LogP contribution is 2.12. The van der Waals surface area contributed by atoms with Gasteiger partial charge in [-0.25, -0.2) is 0 Å². The maximum absolute atomic E-state index is 12.9. The summed E-state index contributed by atoms with van der Waals surface area (Å²) in [6.07, 6.45) is 80.3. The number of unbranched alkanes of at least 4 members (excludes halogenated alkanes) is 20. The zero-order valence-corrected chi connectivity index (χ0v) is 45.9. The van der Waals surface area contributed by atoms with E-state index >= 15 is 0 Å². The number of allylic oxidation sites excluding steroid dienone is 20. The van der Waals surface area contributed by atoms with Gasteiger partial charge in [-0.1, -0.05) is 213 Å². The molecule has 0 aliphatic rings. The summed E-state index contributed by atoms with van der Waals surface area (Å²) in [5.74, 6) is -0.987. The maximum Gasteiger partial charge on any atom is 0.306 e. The molecular weight excluding hydrogens is 877 g/mol. The van der Waals surface area contributed by atoms with Gasteiger partial charge in [-0.3, -0.25) is 14.4 Å². The van der Waals surface area contributed by atoms with E-state index in [1.807, 2.05) is 0 Å². The topological polar surface area (TPSA) is 78.9 Å². The predicted molar refractivity (Wildman–Crippen MR) is 306 cm³/mol. The Morgan fingerprint density at radius 2 is 0.507 bits per heavy atom. The third-order valence-corrected chi connectivity index (χ3v) is 11.9. The van der Waals surface area contributed by atoms with Crippen LogP contribution in [0.5, 0.6) is 0 Å². The van der Waals surface area contributed by atoms with E-state index in [9.17, 15) is 14.4 Å². The number of carbonyl (C=O) groups excluding carboxylic acids is 3. The summed E-state index contributed by atoms with van der Waals surface area (Å²) in [7, 11) is 0. The van der Waals surface area contributed by atoms with Crippen LogP contribution in [0.1, 0.15) is 252 Å². The van der Waals surface area contributed by atoms with Gasteiger partial charge in [0, 0.05) is 19.3 Å². The molecule has 0 amide bonds. The molecule has 0 aliphatic carbocycles. The number of hydrogen-bond acceptors (Lipinski definition) is 6. The first kappa shape index (κ1) is 66.8. The minimum atomic E-state index is -0.817. The monoisotopic (exact) mass is 983 g/mol. The van der Waals surface area contributed by atoms with Gasteiger partial charge in [0.2, 0.25) is 0 Å². The Labute approximate surface area is 437 Å². The third-order valence-electron chi connectivity index (χ3n) is 11.9. The SMILES string of the molecule is CCCCC/C=C/C/C=C/C/C=C/C/C=C/CCCCCC(=O)OC[C@@H](COC(=O)CCCCCC/C=C/C/C=C/C/C=C/CCCCC)OC(=O)CCCCCC/C=C/C/C=C/C/C=C/CCCCC. The fraction of sp³-hybridized carbons (Fsp3) is 0.646. The van der Waals surface area contributed by atoms with Crippen molar-refractivity contribution >= 4 is 17.9 Å². The predicted octanol–water partition coefficient (Wildman–Crippen LogP) is 19.6. The molecule has 1 atom stereocenters. The molecule has 0 saturated heterocycles. The molecule has 0 rings (SSSR count). The molecule has 6 nitrogen and oxygen atoms in total. The van der Waals surface area contributed by atoms with Crippen LogP contribution in [-0.4, -0.2) is 37.2 Å². The van der Waals surface area contributed by atoms with Crippen LogP contribution in [0.4, 0.5) is 0 Å². The normalized spacial score (nSPS) is 13.0. The first-order valence-electron chi connectivity index (χ1n) is 29.0. The van der Waals surface area contributed by atoms with Gasteiger partial charge in [0.1, 0.15) is 13.2 Å². The lowest BCUT2D eigenvalue weighted by Gasteiger charge is -2.18. The van der Waals surface area contributed by atoms with Crippen molar-refractivity contribution in [2.45, 2.75) is 258 Å². The second kappa shape index (κ2) is 58.4. The zero-order chi connectivity index (χ0) is 51.4. The smallest absolute Gasteiger partial charge is 0.306 e. The van der Waals surface area contributed by atoms with E-state index in [1.165, 1.54) is 77.0 Å². The van der Waals surface area contributed by atoms with Crippen molar-refractivity contribution in [3.05, 3.63) is 122 Å². The van der Waals surface area contributed by atoms with E-state index in [4.69, 9.17) is 14.2 Å². The van der Waals surface area contributed by atoms with Crippen LogP contribution in [0, 0.1) is 0 Å². The summed E-state index contributed by atoms with van der Waals surface area (Å²) in [5, 5.41) is 0. The van der Waals surface area contributed by atoms with Crippen LogP contribution < -0.4 is 0 Å². The van der Waals surface area contributed by atoms with Gasteiger partial charge in [0.25, 0.3) is 0 Å². The zero-order valence-electron chi connectivity index (χ0n) is 45.9. The molecule has 0 aliphatic heterocycles. The van der Waals surface area contributed by atoms with Crippen molar-refractivity contribution in [1.82, 2.24) is 0 Å². The molecule has 402 valence electrons. The van der Waals surface area contributed by atoms with Gasteiger partial charge in [-0.2, -0.15) is 0 Å². The highest BCUT2D eigenvalue weighted by atomic mass is 16.6. The number of ether oxygens (including phenoxy) is 3. The molecule has 6 heteroatoms. The highest BCUT2D eigenvalue weighted by Gasteiger charge is 2.19. The second-order valence-corrected chi connectivity index (χ2v) is 18.8. The van der Waals surface area contributed by atoms with Crippen LogP contribution >= 0.6 is 0 Å². The quantitative estimate of drug-likeness (QED) is 0.0261. The van der Waals surface area contributed by atoms with Crippen molar-refractivity contribution in [3.63, 3.8) is 0 Å². The Morgan fingerprint density at radius 1 is 0.282 bits per heavy atom. The molecular formula is C65H106O6. The van der Waals surface area contributed by atoms with Gasteiger partial charge in [0.15, 0.2) is 6.10 Å². The largest absolute Gasteiger partial charge is 0.462 e. The fourth-order valence-electron chi connectivity index (χ4n) is 7.50. The Hall–Kier alpha value is -4.19. The first-order chi connectivity index (χ1) is 35.0. The van der Waals surface area contributed by atoms with Crippen LogP contribution in [-0.2, 0) is 28.6 Å². The van der Waals surface area contributed by atoms with Gasteiger partial charge >= 0.3 is 17.9 Å². The number of esters is 3. The van der Waals surface area contributed by atoms with Crippen molar-refractivity contribution in [2.24, 2.45) is 0 Å². The fourth-order valence-corrected chi connectivity index (χ4v) is 7.50. The highest BCUT2D eigenvalue weighted by molar-refractivity contribution is 5.71. The van der Waals surface area contributed by atoms with E-state index in [0.29, 0.717) is 12.8 Å². The Balaban J connectivity index is 4.55. The van der Waals surface area contributed by atoms with Gasteiger partial charge in [-0.15, -0.1) is 0 Å². The number of hydrogen-bond donors (Lipinski definition) is 0. The van der Waals surface area contributed by atoms with E-state index in [1.54, 1.807) is 0 Å². The lowest BCUT2D eigenvalue weighted by Crippen LogP contribution is -2.30. The Bertz CT molecular complexity index is 1500. The van der Waals surface area contributed by atoms with Crippen molar-refractivity contribution < 1.29 is 28.6 Å². The second-order valence-electron chi connectivity index (χ2n) is 18.8. The van der Waals surface area contributed by atoms with Crippen molar-refractivity contribution in [1.29, 1.82) is 0 Å². The molecule has 71 heavy (non-hydrogen) atoms. The molecule has 0 N–H and O–H groups in total. The molecule has 0 spiro atoms. The number of rotatable bonds is 51. The van der Waals surface area contributed by atoms with Crippen molar-refractivity contribution in [3.8, 4) is 0 Å². The van der Waals surface area contributed by atoms with E-state index in [2.05, 4.69) is 142 Å². The summed E-state index contributed by atoms with van der Waals surface area (Å²) in [6.45, 7) is 6.49. The van der Waals surface area contributed by atoms with E-state index in [-0.39, 0.29) is 37.5 Å². The lowest BCUT2D eigenvalue weighted by molar-refractivity contribution is -0.167. The third kappa shape index (κ3) is 56.6. The summed E-state index contributed by atoms with van der Waals surface area (Å²) >= 11 is 0. The summed E-state index contributed by atoms with van der Waals surface area (Å²) < 4.78 is 16.8. The molecule has 0 aromatic carbocycles. The molecule has 0 fully saturated rings. The summed E-state index contributed by atoms with van der Waals surface area (Å²) in [5.41, 5.74) is 0. The Kier molecular flexibility index (Phi) is 54.9. The summed E-state index contributed by atoms with van der Waals surface area (Å²) in [6, 6.07) is 0. The molecule has 0 bridgehead atoms.